The van der Waals surface area contributed by atoms with Crippen molar-refractivity contribution in [3.63, 3.8) is 0 Å². The first-order chi connectivity index (χ1) is 16.1. The number of hydrogen-bond donors (Lipinski definition) is 1. The highest BCUT2D eigenvalue weighted by molar-refractivity contribution is 6.05. The van der Waals surface area contributed by atoms with Gasteiger partial charge in [0.1, 0.15) is 18.2 Å². The molecule has 0 saturated heterocycles. The van der Waals surface area contributed by atoms with Crippen LogP contribution in [0.1, 0.15) is 53.5 Å². The second-order valence-corrected chi connectivity index (χ2v) is 8.12. The second kappa shape index (κ2) is 12.3. The van der Waals surface area contributed by atoms with Crippen LogP contribution in [0, 0.1) is 11.8 Å². The zero-order chi connectivity index (χ0) is 25.3. The first-order valence-electron chi connectivity index (χ1n) is 10.7. The maximum Gasteiger partial charge on any atom is 0.435 e. The summed E-state index contributed by atoms with van der Waals surface area (Å²) in [6, 6.07) is 12.2. The molecule has 9 heteroatoms. The van der Waals surface area contributed by atoms with Crippen LogP contribution in [0.25, 0.3) is 0 Å². The summed E-state index contributed by atoms with van der Waals surface area (Å²) in [6.07, 6.45) is -0.788. The number of benzene rings is 2. The number of rotatable bonds is 11. The van der Waals surface area contributed by atoms with Crippen molar-refractivity contribution in [3.05, 3.63) is 65.2 Å². The van der Waals surface area contributed by atoms with Gasteiger partial charge in [0.05, 0.1) is 12.6 Å². The van der Waals surface area contributed by atoms with Crippen molar-refractivity contribution < 1.29 is 33.8 Å². The Morgan fingerprint density at radius 3 is 2.03 bits per heavy atom. The van der Waals surface area contributed by atoms with Gasteiger partial charge in [-0.2, -0.15) is 4.99 Å². The lowest BCUT2D eigenvalue weighted by molar-refractivity contribution is -0.307. The van der Waals surface area contributed by atoms with Gasteiger partial charge in [-0.15, -0.1) is 0 Å². The fourth-order valence-corrected chi connectivity index (χ4v) is 2.89. The Hall–Kier alpha value is -4.01. The van der Waals surface area contributed by atoms with E-state index in [-0.39, 0.29) is 36.3 Å². The van der Waals surface area contributed by atoms with Crippen LogP contribution in [-0.2, 0) is 9.53 Å². The van der Waals surface area contributed by atoms with Crippen molar-refractivity contribution >= 4 is 29.5 Å². The van der Waals surface area contributed by atoms with Gasteiger partial charge in [-0.3, -0.25) is 9.59 Å². The van der Waals surface area contributed by atoms with E-state index < -0.39 is 24.6 Å². The molecule has 1 amide bonds. The Kier molecular flexibility index (Phi) is 9.49. The van der Waals surface area contributed by atoms with E-state index in [1.165, 1.54) is 24.3 Å². The van der Waals surface area contributed by atoms with Crippen molar-refractivity contribution in [1.82, 2.24) is 0 Å². The first kappa shape index (κ1) is 26.2. The number of hydrogen-bond acceptors (Lipinski definition) is 7. The average Bonchev–Trinajstić information content (AvgIpc) is 2.81. The molecule has 1 atom stereocenters. The normalized spacial score (nSPS) is 12.2. The molecule has 180 valence electrons. The minimum atomic E-state index is -1.35. The summed E-state index contributed by atoms with van der Waals surface area (Å²) in [6.45, 7) is 5.11. The third kappa shape index (κ3) is 8.16. The minimum absolute atomic E-state index is 0.00772. The molecule has 0 saturated carbocycles. The number of aliphatic imine (C=N–C) groups is 1. The van der Waals surface area contributed by atoms with E-state index >= 15 is 0 Å². The SMILES string of the molecule is CC(C)COC(=O)/N=C(\N)c1ccc(C(=O)CC(C)C(=O)c2ccc(OCC(=O)[O-])cc2)cc1. The van der Waals surface area contributed by atoms with Crippen LogP contribution in [-0.4, -0.2) is 42.7 Å². The van der Waals surface area contributed by atoms with Gasteiger partial charge in [0.2, 0.25) is 0 Å². The fourth-order valence-electron chi connectivity index (χ4n) is 2.89. The Labute approximate surface area is 197 Å². The number of carboxylic acids is 1. The number of carbonyl (C=O) groups excluding carboxylic acids is 4. The minimum Gasteiger partial charge on any atom is -0.546 e. The van der Waals surface area contributed by atoms with E-state index in [0.717, 1.165) is 0 Å². The number of carbonyl (C=O) groups is 4. The first-order valence-corrected chi connectivity index (χ1v) is 10.7. The largest absolute Gasteiger partial charge is 0.546 e. The summed E-state index contributed by atoms with van der Waals surface area (Å²) in [7, 11) is 0. The van der Waals surface area contributed by atoms with Gasteiger partial charge in [0.25, 0.3) is 0 Å². The summed E-state index contributed by atoms with van der Waals surface area (Å²) < 4.78 is 9.95. The van der Waals surface area contributed by atoms with E-state index in [1.54, 1.807) is 31.2 Å². The predicted molar refractivity (Wildman–Crippen MR) is 123 cm³/mol. The van der Waals surface area contributed by atoms with Crippen LogP contribution in [0.4, 0.5) is 4.79 Å². The predicted octanol–water partition coefficient (Wildman–Crippen LogP) is 2.41. The van der Waals surface area contributed by atoms with Crippen molar-refractivity contribution in [2.45, 2.75) is 27.2 Å². The molecule has 0 aromatic heterocycles. The molecule has 0 spiro atoms. The molecule has 0 radical (unpaired) electrons. The van der Waals surface area contributed by atoms with Crippen LogP contribution in [0.2, 0.25) is 0 Å². The molecule has 2 rings (SSSR count). The number of Topliss-reactive ketones (excluding diaryl/α,β-unsaturated/α-hetero) is 2. The molecule has 0 aliphatic rings. The molecule has 0 bridgehead atoms. The molecular formula is C25H27N2O7-. The molecule has 0 heterocycles. The molecule has 34 heavy (non-hydrogen) atoms. The smallest absolute Gasteiger partial charge is 0.435 e. The molecule has 1 unspecified atom stereocenters. The Morgan fingerprint density at radius 1 is 0.912 bits per heavy atom. The van der Waals surface area contributed by atoms with Crippen LogP contribution < -0.4 is 15.6 Å². The third-order valence-corrected chi connectivity index (χ3v) is 4.69. The number of ketones is 2. The highest BCUT2D eigenvalue weighted by Crippen LogP contribution is 2.19. The van der Waals surface area contributed by atoms with Gasteiger partial charge in [-0.05, 0) is 30.2 Å². The van der Waals surface area contributed by atoms with E-state index in [2.05, 4.69) is 4.99 Å². The van der Waals surface area contributed by atoms with Crippen LogP contribution >= 0.6 is 0 Å². The van der Waals surface area contributed by atoms with Crippen molar-refractivity contribution in [2.24, 2.45) is 22.6 Å². The standard InChI is InChI=1S/C25H28N2O7/c1-15(2)13-34-25(32)27-24(26)19-6-4-17(5-7-19)21(28)12-16(3)23(31)18-8-10-20(11-9-18)33-14-22(29)30/h4-11,15-16H,12-14H2,1-3H3,(H,29,30)(H2,26,27,32)/p-1. The van der Waals surface area contributed by atoms with Gasteiger partial charge < -0.3 is 25.1 Å². The Morgan fingerprint density at radius 2 is 1.47 bits per heavy atom. The number of amidine groups is 1. The lowest BCUT2D eigenvalue weighted by Crippen LogP contribution is -2.28. The number of amides is 1. The van der Waals surface area contributed by atoms with Crippen LogP contribution in [0.15, 0.2) is 53.5 Å². The van der Waals surface area contributed by atoms with Gasteiger partial charge in [-0.1, -0.05) is 45.0 Å². The van der Waals surface area contributed by atoms with Gasteiger partial charge in [-0.25, -0.2) is 4.79 Å². The Bertz CT molecular complexity index is 1060. The summed E-state index contributed by atoms with van der Waals surface area (Å²) in [5.74, 6) is -1.94. The van der Waals surface area contributed by atoms with Gasteiger partial charge >= 0.3 is 6.09 Å². The lowest BCUT2D eigenvalue weighted by Gasteiger charge is -2.11. The molecular weight excluding hydrogens is 440 g/mol. The van der Waals surface area contributed by atoms with E-state index in [4.69, 9.17) is 15.2 Å². The van der Waals surface area contributed by atoms with Crippen molar-refractivity contribution in [3.8, 4) is 5.75 Å². The van der Waals surface area contributed by atoms with Crippen molar-refractivity contribution in [1.29, 1.82) is 0 Å². The topological polar surface area (TPSA) is 148 Å². The van der Waals surface area contributed by atoms with Gasteiger partial charge in [0, 0.05) is 29.0 Å². The van der Waals surface area contributed by atoms with Crippen molar-refractivity contribution in [2.75, 3.05) is 13.2 Å². The summed E-state index contributed by atoms with van der Waals surface area (Å²) in [4.78, 5) is 51.1. The molecule has 0 fully saturated rings. The van der Waals surface area contributed by atoms with E-state index in [9.17, 15) is 24.3 Å². The molecule has 2 aromatic rings. The number of nitrogens with zero attached hydrogens (tertiary/aromatic N) is 1. The summed E-state index contributed by atoms with van der Waals surface area (Å²) >= 11 is 0. The lowest BCUT2D eigenvalue weighted by atomic mass is 9.92. The molecule has 9 nitrogen and oxygen atoms in total. The Balaban J connectivity index is 1.96. The summed E-state index contributed by atoms with van der Waals surface area (Å²) in [5, 5.41) is 10.4. The zero-order valence-electron chi connectivity index (χ0n) is 19.3. The molecule has 0 aliphatic carbocycles. The van der Waals surface area contributed by atoms with Crippen LogP contribution in [0.3, 0.4) is 0 Å². The van der Waals surface area contributed by atoms with Crippen LogP contribution in [0.5, 0.6) is 5.75 Å². The highest BCUT2D eigenvalue weighted by atomic mass is 16.5. The highest BCUT2D eigenvalue weighted by Gasteiger charge is 2.20. The maximum absolute atomic E-state index is 12.7. The molecule has 2 N–H and O–H groups in total. The number of ether oxygens (including phenoxy) is 2. The van der Waals surface area contributed by atoms with E-state index in [1.807, 2.05) is 13.8 Å². The molecule has 0 aliphatic heterocycles. The number of aliphatic carboxylic acids is 1. The maximum atomic E-state index is 12.7. The fraction of sp³-hybridized carbons (Fsp3) is 0.320. The number of carboxylic acid groups (broad SMARTS) is 1. The monoisotopic (exact) mass is 467 g/mol. The second-order valence-electron chi connectivity index (χ2n) is 8.12. The zero-order valence-corrected chi connectivity index (χ0v) is 19.3. The third-order valence-electron chi connectivity index (χ3n) is 4.69. The average molecular weight is 467 g/mol. The summed E-state index contributed by atoms with van der Waals surface area (Å²) in [5.41, 5.74) is 7.07. The molecule has 2 aromatic carbocycles. The van der Waals surface area contributed by atoms with Gasteiger partial charge in [0.15, 0.2) is 11.6 Å². The quantitative estimate of drug-likeness (QED) is 0.301. The van der Waals surface area contributed by atoms with E-state index in [0.29, 0.717) is 22.4 Å². The number of nitrogens with two attached hydrogens (primary N) is 1.